The van der Waals surface area contributed by atoms with Gasteiger partial charge in [-0.1, -0.05) is 12.1 Å². The number of ether oxygens (including phenoxy) is 3. The molecule has 1 unspecified atom stereocenters. The minimum Gasteiger partial charge on any atom is -0.493 e. The van der Waals surface area contributed by atoms with Gasteiger partial charge in [0.2, 0.25) is 0 Å². The van der Waals surface area contributed by atoms with Crippen LogP contribution in [0.1, 0.15) is 23.5 Å². The first-order chi connectivity index (χ1) is 12.3. The van der Waals surface area contributed by atoms with Crippen molar-refractivity contribution in [1.82, 2.24) is 5.32 Å². The first-order valence-electron chi connectivity index (χ1n) is 8.72. The third-order valence-electron chi connectivity index (χ3n) is 4.96. The van der Waals surface area contributed by atoms with Gasteiger partial charge in [0.05, 0.1) is 13.2 Å². The third kappa shape index (κ3) is 3.78. The summed E-state index contributed by atoms with van der Waals surface area (Å²) in [6.45, 7) is 3.36. The van der Waals surface area contributed by atoms with E-state index in [1.54, 1.807) is 0 Å². The summed E-state index contributed by atoms with van der Waals surface area (Å²) in [5.41, 5.74) is 2.23. The summed E-state index contributed by atoms with van der Waals surface area (Å²) in [5.74, 6) is 2.18. The Labute approximate surface area is 146 Å². The Morgan fingerprint density at radius 2 is 2.04 bits per heavy atom. The fourth-order valence-corrected chi connectivity index (χ4v) is 3.59. The molecule has 0 saturated carbocycles. The van der Waals surface area contributed by atoms with Gasteiger partial charge < -0.3 is 19.5 Å². The van der Waals surface area contributed by atoms with Gasteiger partial charge in [0.1, 0.15) is 17.3 Å². The summed E-state index contributed by atoms with van der Waals surface area (Å²) in [6.07, 6.45) is 1.03. The zero-order valence-corrected chi connectivity index (χ0v) is 14.0. The lowest BCUT2D eigenvalue weighted by Crippen LogP contribution is -2.38. The van der Waals surface area contributed by atoms with Crippen molar-refractivity contribution < 1.29 is 18.6 Å². The van der Waals surface area contributed by atoms with E-state index in [-0.39, 0.29) is 12.6 Å². The zero-order valence-electron chi connectivity index (χ0n) is 14.0. The highest BCUT2D eigenvalue weighted by Crippen LogP contribution is 2.32. The number of rotatable bonds is 4. The highest BCUT2D eigenvalue weighted by Gasteiger charge is 2.27. The van der Waals surface area contributed by atoms with Gasteiger partial charge in [-0.25, -0.2) is 4.39 Å². The van der Waals surface area contributed by atoms with Gasteiger partial charge in [-0.05, 0) is 48.7 Å². The number of piperidine rings is 1. The maximum absolute atomic E-state index is 13.2. The molecule has 2 aliphatic rings. The molecular weight excluding hydrogens is 321 g/mol. The van der Waals surface area contributed by atoms with Gasteiger partial charge >= 0.3 is 0 Å². The Balaban J connectivity index is 1.44. The molecule has 0 amide bonds. The molecule has 0 spiro atoms. The van der Waals surface area contributed by atoms with Gasteiger partial charge in [0.25, 0.3) is 0 Å². The Hall–Kier alpha value is -2.11. The molecule has 0 bridgehead atoms. The van der Waals surface area contributed by atoms with Crippen LogP contribution in [0, 0.1) is 11.7 Å². The molecule has 5 heteroatoms. The van der Waals surface area contributed by atoms with Gasteiger partial charge in [0.15, 0.2) is 6.79 Å². The predicted molar refractivity (Wildman–Crippen MR) is 92.3 cm³/mol. The topological polar surface area (TPSA) is 39.7 Å². The van der Waals surface area contributed by atoms with E-state index in [9.17, 15) is 4.39 Å². The number of hydrogen-bond donors (Lipinski definition) is 1. The molecular formula is C20H22FNO3. The van der Waals surface area contributed by atoms with Gasteiger partial charge in [-0.2, -0.15) is 0 Å². The fourth-order valence-electron chi connectivity index (χ4n) is 3.59. The number of benzene rings is 2. The van der Waals surface area contributed by atoms with Crippen LogP contribution in [0.3, 0.4) is 0 Å². The molecule has 2 aromatic carbocycles. The van der Waals surface area contributed by atoms with E-state index in [0.29, 0.717) is 25.0 Å². The highest BCUT2D eigenvalue weighted by atomic mass is 19.1. The minimum absolute atomic E-state index is 0.191. The van der Waals surface area contributed by atoms with Crippen molar-refractivity contribution in [3.8, 4) is 11.5 Å². The van der Waals surface area contributed by atoms with Crippen molar-refractivity contribution in [3.63, 3.8) is 0 Å². The molecule has 2 aromatic rings. The average Bonchev–Trinajstić information content (AvgIpc) is 2.67. The maximum Gasteiger partial charge on any atom is 0.189 e. The van der Waals surface area contributed by atoms with Crippen molar-refractivity contribution in [2.24, 2.45) is 5.92 Å². The largest absolute Gasteiger partial charge is 0.493 e. The molecule has 1 N–H and O–H groups in total. The van der Waals surface area contributed by atoms with Gasteiger partial charge in [-0.3, -0.25) is 0 Å². The van der Waals surface area contributed by atoms with E-state index < -0.39 is 0 Å². The van der Waals surface area contributed by atoms with Crippen molar-refractivity contribution in [2.75, 3.05) is 26.5 Å². The molecule has 0 radical (unpaired) electrons. The molecule has 132 valence electrons. The molecule has 2 heterocycles. The van der Waals surface area contributed by atoms with E-state index >= 15 is 0 Å². The summed E-state index contributed by atoms with van der Waals surface area (Å²) < 4.78 is 30.0. The van der Waals surface area contributed by atoms with Crippen LogP contribution in [0.4, 0.5) is 4.39 Å². The standard InChI is InChI=1S/C20H22FNO3/c21-17-4-1-14(2-5-17)19-7-8-22-10-16(19)12-24-18-6-3-15-11-23-13-25-20(15)9-18/h1-6,9,16,19,22H,7-8,10-13H2/t16?,19-/m1/s1. The normalized spacial score (nSPS) is 22.8. The Bertz CT molecular complexity index is 719. The third-order valence-corrected chi connectivity index (χ3v) is 4.96. The fraction of sp³-hybridized carbons (Fsp3) is 0.400. The van der Waals surface area contributed by atoms with Crippen molar-refractivity contribution in [2.45, 2.75) is 18.9 Å². The number of halogens is 1. The van der Waals surface area contributed by atoms with Gasteiger partial charge in [0, 0.05) is 24.1 Å². The van der Waals surface area contributed by atoms with E-state index in [0.717, 1.165) is 36.6 Å². The van der Waals surface area contributed by atoms with Gasteiger partial charge in [-0.15, -0.1) is 0 Å². The van der Waals surface area contributed by atoms with E-state index in [1.165, 1.54) is 17.7 Å². The Morgan fingerprint density at radius 3 is 2.92 bits per heavy atom. The molecule has 1 saturated heterocycles. The van der Waals surface area contributed by atoms with Crippen LogP contribution in [0.15, 0.2) is 42.5 Å². The zero-order chi connectivity index (χ0) is 17.1. The highest BCUT2D eigenvalue weighted by molar-refractivity contribution is 5.41. The smallest absolute Gasteiger partial charge is 0.189 e. The molecule has 0 aromatic heterocycles. The lowest BCUT2D eigenvalue weighted by atomic mass is 9.81. The van der Waals surface area contributed by atoms with Crippen LogP contribution in [-0.4, -0.2) is 26.5 Å². The summed E-state index contributed by atoms with van der Waals surface area (Å²) in [7, 11) is 0. The minimum atomic E-state index is -0.191. The number of hydrogen-bond acceptors (Lipinski definition) is 4. The second-order valence-corrected chi connectivity index (χ2v) is 6.60. The van der Waals surface area contributed by atoms with Crippen LogP contribution in [0.25, 0.3) is 0 Å². The van der Waals surface area contributed by atoms with Crippen LogP contribution in [0.2, 0.25) is 0 Å². The first kappa shape index (κ1) is 16.4. The van der Waals surface area contributed by atoms with Crippen LogP contribution in [0.5, 0.6) is 11.5 Å². The molecule has 25 heavy (non-hydrogen) atoms. The lowest BCUT2D eigenvalue weighted by molar-refractivity contribution is -0.0165. The predicted octanol–water partition coefficient (Wildman–Crippen LogP) is 3.46. The Morgan fingerprint density at radius 1 is 1.16 bits per heavy atom. The van der Waals surface area contributed by atoms with Crippen LogP contribution in [-0.2, 0) is 11.3 Å². The SMILES string of the molecule is Fc1ccc([C@H]2CCNCC2COc2ccc3c(c2)OCOC3)cc1. The van der Waals surface area contributed by atoms with Crippen molar-refractivity contribution in [3.05, 3.63) is 59.4 Å². The summed E-state index contributed by atoms with van der Waals surface area (Å²) >= 11 is 0. The van der Waals surface area contributed by atoms with E-state index in [4.69, 9.17) is 14.2 Å². The second kappa shape index (κ2) is 7.42. The monoisotopic (exact) mass is 343 g/mol. The molecule has 2 aliphatic heterocycles. The van der Waals surface area contributed by atoms with E-state index in [1.807, 2.05) is 30.3 Å². The molecule has 4 rings (SSSR count). The van der Waals surface area contributed by atoms with Crippen LogP contribution < -0.4 is 14.8 Å². The Kier molecular flexibility index (Phi) is 4.85. The summed E-state index contributed by atoms with van der Waals surface area (Å²) in [6, 6.07) is 12.7. The summed E-state index contributed by atoms with van der Waals surface area (Å²) in [5, 5.41) is 3.44. The quantitative estimate of drug-likeness (QED) is 0.923. The second-order valence-electron chi connectivity index (χ2n) is 6.60. The molecule has 1 fully saturated rings. The molecule has 0 aliphatic carbocycles. The van der Waals surface area contributed by atoms with Crippen molar-refractivity contribution >= 4 is 0 Å². The molecule has 2 atom stereocenters. The number of fused-ring (bicyclic) bond motifs is 1. The maximum atomic E-state index is 13.2. The van der Waals surface area contributed by atoms with E-state index in [2.05, 4.69) is 5.32 Å². The molecule has 4 nitrogen and oxygen atoms in total. The van der Waals surface area contributed by atoms with Crippen molar-refractivity contribution in [1.29, 1.82) is 0 Å². The first-order valence-corrected chi connectivity index (χ1v) is 8.72. The average molecular weight is 343 g/mol. The summed E-state index contributed by atoms with van der Waals surface area (Å²) in [4.78, 5) is 0. The number of nitrogens with one attached hydrogen (secondary N) is 1. The lowest BCUT2D eigenvalue weighted by Gasteiger charge is -2.32. The van der Waals surface area contributed by atoms with Crippen LogP contribution >= 0.6 is 0 Å².